The first kappa shape index (κ1) is 20.9. The second-order valence-electron chi connectivity index (χ2n) is 6.79. The fourth-order valence-corrected chi connectivity index (χ4v) is 5.33. The van der Waals surface area contributed by atoms with E-state index < -0.39 is 10.1 Å². The third-order valence-corrected chi connectivity index (χ3v) is 6.84. The van der Waals surface area contributed by atoms with Gasteiger partial charge < -0.3 is 0 Å². The molecule has 5 nitrogen and oxygen atoms in total. The summed E-state index contributed by atoms with van der Waals surface area (Å²) in [5, 5.41) is 13.8. The maximum Gasteiger partial charge on any atom is 0.359 e. The Balaban J connectivity index is 1.87. The molecule has 1 heterocycles. The Morgan fingerprint density at radius 1 is 1.03 bits per heavy atom. The number of hydrogen-bond acceptors (Lipinski definition) is 6. The quantitative estimate of drug-likeness (QED) is 0.499. The predicted molar refractivity (Wildman–Crippen MR) is 117 cm³/mol. The molecule has 1 aliphatic heterocycles. The van der Waals surface area contributed by atoms with Gasteiger partial charge in [-0.15, -0.1) is 0 Å². The van der Waals surface area contributed by atoms with Gasteiger partial charge in [0.15, 0.2) is 0 Å². The lowest BCUT2D eigenvalue weighted by molar-refractivity contribution is 0.340. The molecule has 0 unspecified atom stereocenters. The summed E-state index contributed by atoms with van der Waals surface area (Å²) in [6, 6.07) is 13.4. The highest BCUT2D eigenvalue weighted by molar-refractivity contribution is 8.18. The molecule has 29 heavy (non-hydrogen) atoms. The first-order chi connectivity index (χ1) is 13.7. The van der Waals surface area contributed by atoms with Crippen molar-refractivity contribution in [2.24, 2.45) is 5.16 Å². The second-order valence-corrected chi connectivity index (χ2v) is 9.32. The minimum atomic E-state index is -4.04. The van der Waals surface area contributed by atoms with Crippen molar-refractivity contribution in [1.29, 1.82) is 5.26 Å². The van der Waals surface area contributed by atoms with E-state index in [0.717, 1.165) is 16.7 Å². The third kappa shape index (κ3) is 4.44. The molecule has 7 heteroatoms. The number of nitrogens with zero attached hydrogens (tertiary/aromatic N) is 2. The first-order valence-electron chi connectivity index (χ1n) is 8.88. The summed E-state index contributed by atoms with van der Waals surface area (Å²) >= 11 is 1.20. The summed E-state index contributed by atoms with van der Waals surface area (Å²) in [5.74, 6) is 0. The summed E-state index contributed by atoms with van der Waals surface area (Å²) in [6.07, 6.45) is 3.38. The van der Waals surface area contributed by atoms with Gasteiger partial charge in [0.1, 0.15) is 16.0 Å². The van der Waals surface area contributed by atoms with Crippen LogP contribution in [0, 0.1) is 39.0 Å². The molecule has 0 saturated heterocycles. The van der Waals surface area contributed by atoms with Crippen LogP contribution in [0.2, 0.25) is 0 Å². The smallest absolute Gasteiger partial charge is 0.264 e. The van der Waals surface area contributed by atoms with E-state index in [4.69, 9.17) is 4.28 Å². The molecule has 0 spiro atoms. The number of hydrogen-bond donors (Lipinski definition) is 0. The van der Waals surface area contributed by atoms with Crippen LogP contribution in [0.5, 0.6) is 0 Å². The van der Waals surface area contributed by atoms with Crippen molar-refractivity contribution in [1.82, 2.24) is 0 Å². The number of nitriles is 1. The van der Waals surface area contributed by atoms with Gasteiger partial charge in [0.25, 0.3) is 0 Å². The molecule has 0 aliphatic carbocycles. The van der Waals surface area contributed by atoms with Crippen molar-refractivity contribution >= 4 is 32.5 Å². The van der Waals surface area contributed by atoms with Gasteiger partial charge in [-0.25, -0.2) is 0 Å². The highest BCUT2D eigenvalue weighted by atomic mass is 32.2. The molecule has 148 valence electrons. The Hall–Kier alpha value is -2.82. The summed E-state index contributed by atoms with van der Waals surface area (Å²) in [4.78, 5) is 0.831. The van der Waals surface area contributed by atoms with Crippen molar-refractivity contribution in [3.05, 3.63) is 81.3 Å². The standard InChI is InChI=1S/C22H20N2O3S2/c1-14-11-16(3)22(17(4)12-14)29(25,26)27-24-21-10-9-20(28-21)19(13-23)18-8-6-5-7-15(18)2/h5-12H,1-4H3. The maximum absolute atomic E-state index is 12.7. The highest BCUT2D eigenvalue weighted by Gasteiger charge is 2.23. The van der Waals surface area contributed by atoms with Gasteiger partial charge >= 0.3 is 10.1 Å². The third-order valence-electron chi connectivity index (χ3n) is 4.44. The average molecular weight is 425 g/mol. The molecule has 0 aromatic heterocycles. The molecule has 2 aromatic carbocycles. The summed E-state index contributed by atoms with van der Waals surface area (Å²) in [7, 11) is -4.04. The SMILES string of the molecule is Cc1cc(C)c(S(=O)(=O)ON=C2C=CC(=C(C#N)c3ccccc3C)S2)c(C)c1. The zero-order valence-electron chi connectivity index (χ0n) is 16.6. The van der Waals surface area contributed by atoms with E-state index in [1.165, 1.54) is 11.8 Å². The molecule has 0 saturated carbocycles. The van der Waals surface area contributed by atoms with Crippen LogP contribution in [-0.2, 0) is 14.4 Å². The lowest BCUT2D eigenvalue weighted by Gasteiger charge is -2.10. The van der Waals surface area contributed by atoms with Crippen LogP contribution in [0.3, 0.4) is 0 Å². The summed E-state index contributed by atoms with van der Waals surface area (Å²) in [5.41, 5.74) is 4.55. The summed E-state index contributed by atoms with van der Waals surface area (Å²) < 4.78 is 30.3. The van der Waals surface area contributed by atoms with Crippen molar-refractivity contribution in [2.45, 2.75) is 32.6 Å². The number of rotatable bonds is 4. The van der Waals surface area contributed by atoms with E-state index in [9.17, 15) is 13.7 Å². The zero-order chi connectivity index (χ0) is 21.2. The fraction of sp³-hybridized carbons (Fsp3) is 0.182. The van der Waals surface area contributed by atoms with Gasteiger partial charge in [-0.3, -0.25) is 4.28 Å². The maximum atomic E-state index is 12.7. The first-order valence-corrected chi connectivity index (χ1v) is 11.1. The zero-order valence-corrected chi connectivity index (χ0v) is 18.2. The molecule has 2 aromatic rings. The summed E-state index contributed by atoms with van der Waals surface area (Å²) in [6.45, 7) is 7.31. The molecule has 0 bridgehead atoms. The molecular formula is C22H20N2O3S2. The van der Waals surface area contributed by atoms with Gasteiger partial charge in [0.05, 0.1) is 5.57 Å². The van der Waals surface area contributed by atoms with Crippen LogP contribution >= 0.6 is 11.8 Å². The molecule has 0 N–H and O–H groups in total. The van der Waals surface area contributed by atoms with Crippen molar-refractivity contribution in [2.75, 3.05) is 0 Å². The van der Waals surface area contributed by atoms with Gasteiger partial charge in [0, 0.05) is 4.91 Å². The Morgan fingerprint density at radius 2 is 1.69 bits per heavy atom. The Kier molecular flexibility index (Phi) is 5.96. The van der Waals surface area contributed by atoms with E-state index in [-0.39, 0.29) is 4.90 Å². The van der Waals surface area contributed by atoms with Gasteiger partial charge in [-0.05, 0) is 62.1 Å². The highest BCUT2D eigenvalue weighted by Crippen LogP contribution is 2.35. The molecule has 0 atom stereocenters. The van der Waals surface area contributed by atoms with Crippen molar-refractivity contribution in [3.63, 3.8) is 0 Å². The molecular weight excluding hydrogens is 404 g/mol. The van der Waals surface area contributed by atoms with E-state index >= 15 is 0 Å². The molecule has 0 amide bonds. The van der Waals surface area contributed by atoms with Crippen LogP contribution in [0.1, 0.15) is 27.8 Å². The molecule has 3 rings (SSSR count). The van der Waals surface area contributed by atoms with Gasteiger partial charge in [0.2, 0.25) is 0 Å². The predicted octanol–water partition coefficient (Wildman–Crippen LogP) is 5.18. The van der Waals surface area contributed by atoms with Gasteiger partial charge in [-0.1, -0.05) is 58.9 Å². The number of aryl methyl sites for hydroxylation is 4. The molecule has 0 radical (unpaired) electrons. The van der Waals surface area contributed by atoms with Gasteiger partial charge in [-0.2, -0.15) is 13.7 Å². The Labute approximate surface area is 175 Å². The largest absolute Gasteiger partial charge is 0.359 e. The van der Waals surface area contributed by atoms with Crippen LogP contribution in [-0.4, -0.2) is 13.5 Å². The van der Waals surface area contributed by atoms with E-state index in [1.807, 2.05) is 38.1 Å². The van der Waals surface area contributed by atoms with E-state index in [1.54, 1.807) is 38.1 Å². The van der Waals surface area contributed by atoms with Crippen LogP contribution in [0.25, 0.3) is 5.57 Å². The topological polar surface area (TPSA) is 79.5 Å². The van der Waals surface area contributed by atoms with Crippen molar-refractivity contribution < 1.29 is 12.7 Å². The number of oxime groups is 1. The number of allylic oxidation sites excluding steroid dienone is 2. The minimum absolute atomic E-state index is 0.132. The normalized spacial score (nSPS) is 16.7. The fourth-order valence-electron chi connectivity index (χ4n) is 3.30. The van der Waals surface area contributed by atoms with Crippen LogP contribution in [0.4, 0.5) is 0 Å². The molecule has 1 aliphatic rings. The lowest BCUT2D eigenvalue weighted by atomic mass is 10.0. The number of benzene rings is 2. The van der Waals surface area contributed by atoms with E-state index in [2.05, 4.69) is 11.2 Å². The Morgan fingerprint density at radius 3 is 2.31 bits per heavy atom. The number of thioether (sulfide) groups is 1. The lowest BCUT2D eigenvalue weighted by Crippen LogP contribution is -2.08. The Bertz CT molecular complexity index is 1190. The van der Waals surface area contributed by atoms with E-state index in [0.29, 0.717) is 26.6 Å². The van der Waals surface area contributed by atoms with Crippen LogP contribution in [0.15, 0.2) is 63.5 Å². The monoisotopic (exact) mass is 424 g/mol. The van der Waals surface area contributed by atoms with Crippen molar-refractivity contribution in [3.8, 4) is 6.07 Å². The average Bonchev–Trinajstić information content (AvgIpc) is 3.10. The molecule has 0 fully saturated rings. The second kappa shape index (κ2) is 8.27. The minimum Gasteiger partial charge on any atom is -0.264 e. The van der Waals surface area contributed by atoms with Crippen LogP contribution < -0.4 is 0 Å².